The SMILES string of the molecule is C=C/C(=C\C=C(/C)C(=O)N(C)Cc1nccc(C)c1F)c1cccc(Nc2cc(NC=O)nnc2C(=O)NC)c1N(C)C. The molecular formula is C31H35FN8O3. The number of nitrogens with one attached hydrogen (secondary N) is 3. The lowest BCUT2D eigenvalue weighted by atomic mass is 10.0. The van der Waals surface area contributed by atoms with Crippen molar-refractivity contribution in [1.82, 2.24) is 25.4 Å². The number of amides is 3. The maximum Gasteiger partial charge on any atom is 0.273 e. The van der Waals surface area contributed by atoms with Crippen LogP contribution < -0.4 is 20.9 Å². The number of allylic oxidation sites excluding steroid dienone is 4. The molecule has 0 aliphatic carbocycles. The first kappa shape index (κ1) is 32.1. The molecule has 0 saturated heterocycles. The number of pyridine rings is 1. The highest BCUT2D eigenvalue weighted by Gasteiger charge is 2.19. The van der Waals surface area contributed by atoms with E-state index in [0.717, 1.165) is 16.8 Å². The normalized spacial score (nSPS) is 11.4. The summed E-state index contributed by atoms with van der Waals surface area (Å²) in [6.07, 6.45) is 7.12. The van der Waals surface area contributed by atoms with Crippen LogP contribution in [0.2, 0.25) is 0 Å². The number of hydrogen-bond acceptors (Lipinski definition) is 8. The standard InChI is InChI=1S/C31H35FN8O3/c1-8-21(13-12-20(3)31(43)40(7)17-25-27(32)19(2)14-15-34-25)22-10-9-11-23(29(22)39(5)6)36-24-16-26(35-18-41)37-38-28(24)30(42)33-4/h8-16,18H,1,17H2,2-7H3,(H,33,42)(H2,35,36,37,41)/b20-12+,21-13+. The molecule has 2 heterocycles. The molecule has 11 nitrogen and oxygen atoms in total. The van der Waals surface area contributed by atoms with E-state index in [1.54, 1.807) is 45.2 Å². The van der Waals surface area contributed by atoms with Gasteiger partial charge >= 0.3 is 0 Å². The molecule has 0 unspecified atom stereocenters. The molecule has 0 atom stereocenters. The van der Waals surface area contributed by atoms with Crippen molar-refractivity contribution >= 4 is 46.7 Å². The first-order chi connectivity index (χ1) is 20.5. The Balaban J connectivity index is 1.98. The monoisotopic (exact) mass is 586 g/mol. The third-order valence-electron chi connectivity index (χ3n) is 6.46. The molecule has 0 bridgehead atoms. The second-order valence-electron chi connectivity index (χ2n) is 9.78. The van der Waals surface area contributed by atoms with Gasteiger partial charge in [0.15, 0.2) is 11.5 Å². The quantitative estimate of drug-likeness (QED) is 0.163. The summed E-state index contributed by atoms with van der Waals surface area (Å²) >= 11 is 0. The molecule has 0 aliphatic rings. The molecule has 3 N–H and O–H groups in total. The van der Waals surface area contributed by atoms with Gasteiger partial charge in [0.05, 0.1) is 29.3 Å². The number of likely N-dealkylation sites (N-methyl/N-ethyl adjacent to an activating group) is 1. The van der Waals surface area contributed by atoms with E-state index in [0.29, 0.717) is 28.9 Å². The lowest BCUT2D eigenvalue weighted by Gasteiger charge is -2.23. The minimum atomic E-state index is -0.460. The van der Waals surface area contributed by atoms with Crippen molar-refractivity contribution in [1.29, 1.82) is 0 Å². The Labute approximate surface area is 250 Å². The number of aryl methyl sites for hydroxylation is 1. The summed E-state index contributed by atoms with van der Waals surface area (Å²) in [5.74, 6) is -1.01. The zero-order valence-corrected chi connectivity index (χ0v) is 25.0. The summed E-state index contributed by atoms with van der Waals surface area (Å²) in [6, 6.07) is 8.66. The molecule has 0 radical (unpaired) electrons. The second kappa shape index (κ2) is 14.5. The van der Waals surface area contributed by atoms with E-state index in [4.69, 9.17) is 0 Å². The molecule has 0 spiro atoms. The van der Waals surface area contributed by atoms with Crippen molar-refractivity contribution in [2.75, 3.05) is 43.7 Å². The van der Waals surface area contributed by atoms with Gasteiger partial charge in [-0.15, -0.1) is 10.2 Å². The van der Waals surface area contributed by atoms with Gasteiger partial charge in [-0.05, 0) is 37.1 Å². The molecule has 3 aromatic rings. The van der Waals surface area contributed by atoms with E-state index >= 15 is 0 Å². The highest BCUT2D eigenvalue weighted by molar-refractivity contribution is 6.00. The van der Waals surface area contributed by atoms with E-state index in [1.807, 2.05) is 37.2 Å². The Kier molecular flexibility index (Phi) is 10.8. The fourth-order valence-corrected chi connectivity index (χ4v) is 4.27. The van der Waals surface area contributed by atoms with Crippen LogP contribution in [0.1, 0.15) is 34.2 Å². The molecule has 3 amide bonds. The summed E-state index contributed by atoms with van der Waals surface area (Å²) in [5, 5.41) is 16.1. The van der Waals surface area contributed by atoms with Crippen molar-refractivity contribution in [3.8, 4) is 0 Å². The molecule has 0 saturated carbocycles. The number of rotatable bonds is 12. The Hall–Kier alpha value is -5.39. The van der Waals surface area contributed by atoms with Crippen LogP contribution >= 0.6 is 0 Å². The molecular weight excluding hydrogens is 551 g/mol. The first-order valence-electron chi connectivity index (χ1n) is 13.3. The largest absolute Gasteiger partial charge is 0.375 e. The third-order valence-corrected chi connectivity index (χ3v) is 6.46. The van der Waals surface area contributed by atoms with E-state index < -0.39 is 11.7 Å². The molecule has 3 rings (SSSR count). The van der Waals surface area contributed by atoms with Crippen LogP contribution in [0, 0.1) is 12.7 Å². The first-order valence-corrected chi connectivity index (χ1v) is 13.3. The summed E-state index contributed by atoms with van der Waals surface area (Å²) in [7, 11) is 6.81. The minimum absolute atomic E-state index is 0.0278. The van der Waals surface area contributed by atoms with Gasteiger partial charge in [0.25, 0.3) is 5.91 Å². The van der Waals surface area contributed by atoms with Crippen molar-refractivity contribution in [3.63, 3.8) is 0 Å². The van der Waals surface area contributed by atoms with Crippen LogP contribution in [-0.2, 0) is 16.1 Å². The van der Waals surface area contributed by atoms with Gasteiger partial charge in [-0.25, -0.2) is 4.39 Å². The topological polar surface area (TPSA) is 132 Å². The summed E-state index contributed by atoms with van der Waals surface area (Å²) < 4.78 is 14.4. The van der Waals surface area contributed by atoms with Crippen LogP contribution in [0.5, 0.6) is 0 Å². The van der Waals surface area contributed by atoms with E-state index in [-0.39, 0.29) is 29.7 Å². The molecule has 2 aromatic heterocycles. The highest BCUT2D eigenvalue weighted by Crippen LogP contribution is 2.36. The number of carbonyl (C=O) groups excluding carboxylic acids is 3. The average molecular weight is 587 g/mol. The fourth-order valence-electron chi connectivity index (χ4n) is 4.27. The zero-order chi connectivity index (χ0) is 31.7. The lowest BCUT2D eigenvalue weighted by molar-refractivity contribution is -0.126. The number of halogens is 1. The van der Waals surface area contributed by atoms with Crippen molar-refractivity contribution in [2.24, 2.45) is 0 Å². The van der Waals surface area contributed by atoms with Gasteiger partial charge in [-0.2, -0.15) is 0 Å². The van der Waals surface area contributed by atoms with Crippen LogP contribution in [0.3, 0.4) is 0 Å². The molecule has 12 heteroatoms. The number of aromatic nitrogens is 3. The van der Waals surface area contributed by atoms with E-state index in [2.05, 4.69) is 37.7 Å². The highest BCUT2D eigenvalue weighted by atomic mass is 19.1. The van der Waals surface area contributed by atoms with Crippen molar-refractivity contribution in [3.05, 3.63) is 95.2 Å². The number of anilines is 4. The van der Waals surface area contributed by atoms with Gasteiger partial charge in [0, 0.05) is 51.6 Å². The number of benzene rings is 1. The Morgan fingerprint density at radius 2 is 1.84 bits per heavy atom. The maximum atomic E-state index is 14.4. The number of nitrogens with zero attached hydrogens (tertiary/aromatic N) is 5. The molecule has 1 aromatic carbocycles. The lowest BCUT2D eigenvalue weighted by Crippen LogP contribution is -2.27. The van der Waals surface area contributed by atoms with E-state index in [1.165, 1.54) is 24.2 Å². The van der Waals surface area contributed by atoms with Crippen LogP contribution in [-0.4, -0.2) is 66.5 Å². The van der Waals surface area contributed by atoms with Crippen LogP contribution in [0.4, 0.5) is 27.3 Å². The average Bonchev–Trinajstić information content (AvgIpc) is 2.99. The van der Waals surface area contributed by atoms with Gasteiger partial charge < -0.3 is 25.8 Å². The molecule has 224 valence electrons. The summed E-state index contributed by atoms with van der Waals surface area (Å²) in [5.41, 5.74) is 4.36. The Morgan fingerprint density at radius 3 is 2.49 bits per heavy atom. The summed E-state index contributed by atoms with van der Waals surface area (Å²) in [6.45, 7) is 7.33. The van der Waals surface area contributed by atoms with Crippen molar-refractivity contribution in [2.45, 2.75) is 20.4 Å². The predicted octanol–water partition coefficient (Wildman–Crippen LogP) is 4.23. The number of carbonyl (C=O) groups is 3. The molecule has 0 fully saturated rings. The van der Waals surface area contributed by atoms with Crippen molar-refractivity contribution < 1.29 is 18.8 Å². The molecule has 43 heavy (non-hydrogen) atoms. The predicted molar refractivity (Wildman–Crippen MR) is 166 cm³/mol. The number of hydrogen-bond donors (Lipinski definition) is 3. The van der Waals surface area contributed by atoms with Crippen LogP contribution in [0.15, 0.2) is 66.9 Å². The van der Waals surface area contributed by atoms with Gasteiger partial charge in [-0.1, -0.05) is 36.9 Å². The van der Waals surface area contributed by atoms with Gasteiger partial charge in [0.1, 0.15) is 5.82 Å². The third kappa shape index (κ3) is 7.67. The summed E-state index contributed by atoms with van der Waals surface area (Å²) in [4.78, 5) is 43.9. The van der Waals surface area contributed by atoms with Crippen LogP contribution in [0.25, 0.3) is 5.57 Å². The smallest absolute Gasteiger partial charge is 0.273 e. The minimum Gasteiger partial charge on any atom is -0.375 e. The van der Waals surface area contributed by atoms with Gasteiger partial charge in [-0.3, -0.25) is 19.4 Å². The fraction of sp³-hybridized carbons (Fsp3) is 0.226. The Morgan fingerprint density at radius 1 is 1.09 bits per heavy atom. The second-order valence-corrected chi connectivity index (χ2v) is 9.78. The van der Waals surface area contributed by atoms with Gasteiger partial charge in [0.2, 0.25) is 12.3 Å². The number of para-hydroxylation sites is 1. The zero-order valence-electron chi connectivity index (χ0n) is 25.0. The Bertz CT molecular complexity index is 1600. The van der Waals surface area contributed by atoms with E-state index in [9.17, 15) is 18.8 Å². The molecule has 0 aliphatic heterocycles. The maximum absolute atomic E-state index is 14.4.